The molecule has 0 spiro atoms. The van der Waals surface area contributed by atoms with Crippen LogP contribution in [0.3, 0.4) is 0 Å². The van der Waals surface area contributed by atoms with E-state index in [4.69, 9.17) is 5.73 Å². The minimum absolute atomic E-state index is 0.193. The fraction of sp³-hybridized carbons (Fsp3) is 0.333. The Kier molecular flexibility index (Phi) is 4.03. The van der Waals surface area contributed by atoms with Gasteiger partial charge < -0.3 is 11.1 Å². The number of pyridine rings is 1. The molecule has 0 saturated heterocycles. The van der Waals surface area contributed by atoms with Crippen LogP contribution in [0.5, 0.6) is 0 Å². The molecule has 0 bridgehead atoms. The SMILES string of the molecule is CCC(N)C(=O)Nc1cccnc1Br. The third-order valence-corrected chi connectivity index (χ3v) is 2.43. The maximum Gasteiger partial charge on any atom is 0.241 e. The second kappa shape index (κ2) is 5.07. The summed E-state index contributed by atoms with van der Waals surface area (Å²) in [7, 11) is 0. The lowest BCUT2D eigenvalue weighted by molar-refractivity contribution is -0.117. The third-order valence-electron chi connectivity index (χ3n) is 1.79. The molecule has 4 nitrogen and oxygen atoms in total. The van der Waals surface area contributed by atoms with Gasteiger partial charge in [0.15, 0.2) is 0 Å². The van der Waals surface area contributed by atoms with Gasteiger partial charge in [-0.25, -0.2) is 4.98 Å². The number of halogens is 1. The molecule has 5 heteroatoms. The fourth-order valence-electron chi connectivity index (χ4n) is 0.890. The van der Waals surface area contributed by atoms with Crippen molar-refractivity contribution < 1.29 is 4.79 Å². The molecule has 0 fully saturated rings. The minimum atomic E-state index is -0.470. The van der Waals surface area contributed by atoms with E-state index < -0.39 is 6.04 Å². The van der Waals surface area contributed by atoms with E-state index >= 15 is 0 Å². The van der Waals surface area contributed by atoms with Gasteiger partial charge in [-0.3, -0.25) is 4.79 Å². The molecule has 1 amide bonds. The van der Waals surface area contributed by atoms with Crippen molar-refractivity contribution in [2.24, 2.45) is 5.73 Å². The Morgan fingerprint density at radius 3 is 3.07 bits per heavy atom. The van der Waals surface area contributed by atoms with Crippen LogP contribution < -0.4 is 11.1 Å². The highest BCUT2D eigenvalue weighted by molar-refractivity contribution is 9.10. The van der Waals surface area contributed by atoms with Crippen LogP contribution in [0.2, 0.25) is 0 Å². The first-order valence-electron chi connectivity index (χ1n) is 4.32. The first-order chi connectivity index (χ1) is 6.65. The van der Waals surface area contributed by atoms with E-state index in [0.717, 1.165) is 0 Å². The topological polar surface area (TPSA) is 68.0 Å². The maximum absolute atomic E-state index is 11.4. The van der Waals surface area contributed by atoms with Gasteiger partial charge in [0.1, 0.15) is 4.60 Å². The first-order valence-corrected chi connectivity index (χ1v) is 5.11. The number of amides is 1. The van der Waals surface area contributed by atoms with Crippen molar-refractivity contribution in [3.05, 3.63) is 22.9 Å². The van der Waals surface area contributed by atoms with E-state index in [1.807, 2.05) is 6.92 Å². The monoisotopic (exact) mass is 257 g/mol. The highest BCUT2D eigenvalue weighted by atomic mass is 79.9. The second-order valence-corrected chi connectivity index (χ2v) is 3.60. The van der Waals surface area contributed by atoms with Crippen LogP contribution in [0.25, 0.3) is 0 Å². The molecule has 0 aliphatic heterocycles. The Bertz CT molecular complexity index is 330. The van der Waals surface area contributed by atoms with Crippen LogP contribution >= 0.6 is 15.9 Å². The summed E-state index contributed by atoms with van der Waals surface area (Å²) in [6.45, 7) is 1.86. The Morgan fingerprint density at radius 2 is 2.50 bits per heavy atom. The summed E-state index contributed by atoms with van der Waals surface area (Å²) in [6, 6.07) is 3.04. The molecule has 1 unspecified atom stereocenters. The summed E-state index contributed by atoms with van der Waals surface area (Å²) >= 11 is 3.23. The molecule has 0 aliphatic rings. The largest absolute Gasteiger partial charge is 0.322 e. The van der Waals surface area contributed by atoms with Gasteiger partial charge in [-0.15, -0.1) is 0 Å². The zero-order valence-corrected chi connectivity index (χ0v) is 9.41. The summed E-state index contributed by atoms with van der Waals surface area (Å²) in [4.78, 5) is 15.4. The predicted octanol–water partition coefficient (Wildman–Crippen LogP) is 1.52. The van der Waals surface area contributed by atoms with E-state index in [9.17, 15) is 4.79 Å². The molecule has 1 rings (SSSR count). The van der Waals surface area contributed by atoms with Crippen LogP contribution in [-0.4, -0.2) is 16.9 Å². The van der Waals surface area contributed by atoms with Crippen LogP contribution in [0.15, 0.2) is 22.9 Å². The lowest BCUT2D eigenvalue weighted by Crippen LogP contribution is -2.34. The average Bonchev–Trinajstić information content (AvgIpc) is 2.20. The van der Waals surface area contributed by atoms with E-state index in [-0.39, 0.29) is 5.91 Å². The molecule has 3 N–H and O–H groups in total. The van der Waals surface area contributed by atoms with E-state index in [0.29, 0.717) is 16.7 Å². The van der Waals surface area contributed by atoms with Crippen molar-refractivity contribution in [2.45, 2.75) is 19.4 Å². The molecule has 0 aliphatic carbocycles. The number of nitrogens with zero attached hydrogens (tertiary/aromatic N) is 1. The smallest absolute Gasteiger partial charge is 0.241 e. The Balaban J connectivity index is 2.70. The van der Waals surface area contributed by atoms with Gasteiger partial charge in [0.05, 0.1) is 11.7 Å². The van der Waals surface area contributed by atoms with Crippen LogP contribution in [0.4, 0.5) is 5.69 Å². The standard InChI is InChI=1S/C9H12BrN3O/c1-2-6(11)9(14)13-7-4-3-5-12-8(7)10/h3-6H,2,11H2,1H3,(H,13,14). The Labute approximate surface area is 91.0 Å². The van der Waals surface area contributed by atoms with E-state index in [1.165, 1.54) is 0 Å². The maximum atomic E-state index is 11.4. The van der Waals surface area contributed by atoms with E-state index in [2.05, 4.69) is 26.2 Å². The molecule has 1 atom stereocenters. The normalized spacial score (nSPS) is 12.2. The summed E-state index contributed by atoms with van der Waals surface area (Å²) in [5.41, 5.74) is 6.21. The van der Waals surface area contributed by atoms with Gasteiger partial charge in [0.25, 0.3) is 0 Å². The molecule has 76 valence electrons. The first kappa shape index (κ1) is 11.1. The van der Waals surface area contributed by atoms with E-state index in [1.54, 1.807) is 18.3 Å². The van der Waals surface area contributed by atoms with Crippen molar-refractivity contribution in [2.75, 3.05) is 5.32 Å². The Hall–Kier alpha value is -0.940. The number of aromatic nitrogens is 1. The molecular weight excluding hydrogens is 246 g/mol. The zero-order valence-electron chi connectivity index (χ0n) is 7.83. The highest BCUT2D eigenvalue weighted by Crippen LogP contribution is 2.18. The van der Waals surface area contributed by atoms with Gasteiger partial charge in [-0.05, 0) is 34.5 Å². The molecule has 0 radical (unpaired) electrons. The fourth-order valence-corrected chi connectivity index (χ4v) is 1.24. The number of nitrogens with two attached hydrogens (primary N) is 1. The minimum Gasteiger partial charge on any atom is -0.322 e. The van der Waals surface area contributed by atoms with Crippen molar-refractivity contribution in [3.63, 3.8) is 0 Å². The average molecular weight is 258 g/mol. The molecule has 0 saturated carbocycles. The number of anilines is 1. The third kappa shape index (κ3) is 2.78. The summed E-state index contributed by atoms with van der Waals surface area (Å²) < 4.78 is 0.608. The zero-order chi connectivity index (χ0) is 10.6. The second-order valence-electron chi connectivity index (χ2n) is 2.85. The Morgan fingerprint density at radius 1 is 1.79 bits per heavy atom. The quantitative estimate of drug-likeness (QED) is 0.807. The molecule has 1 aromatic heterocycles. The van der Waals surface area contributed by atoms with Crippen LogP contribution in [0, 0.1) is 0 Å². The molecule has 1 heterocycles. The van der Waals surface area contributed by atoms with Crippen molar-refractivity contribution in [1.29, 1.82) is 0 Å². The summed E-state index contributed by atoms with van der Waals surface area (Å²) in [5, 5.41) is 2.69. The molecule has 14 heavy (non-hydrogen) atoms. The van der Waals surface area contributed by atoms with Gasteiger partial charge in [0, 0.05) is 6.20 Å². The summed E-state index contributed by atoms with van der Waals surface area (Å²) in [5.74, 6) is -0.193. The van der Waals surface area contributed by atoms with Crippen molar-refractivity contribution in [3.8, 4) is 0 Å². The van der Waals surface area contributed by atoms with Gasteiger partial charge in [-0.1, -0.05) is 6.92 Å². The predicted molar refractivity (Wildman–Crippen MR) is 58.8 cm³/mol. The number of hydrogen-bond donors (Lipinski definition) is 2. The van der Waals surface area contributed by atoms with Gasteiger partial charge in [0.2, 0.25) is 5.91 Å². The van der Waals surface area contributed by atoms with Crippen molar-refractivity contribution in [1.82, 2.24) is 4.98 Å². The van der Waals surface area contributed by atoms with Gasteiger partial charge in [-0.2, -0.15) is 0 Å². The lowest BCUT2D eigenvalue weighted by Gasteiger charge is -2.10. The number of rotatable bonds is 3. The number of carbonyl (C=O) groups is 1. The van der Waals surface area contributed by atoms with Crippen molar-refractivity contribution >= 4 is 27.5 Å². The highest BCUT2D eigenvalue weighted by Gasteiger charge is 2.12. The molecule has 1 aromatic rings. The number of carbonyl (C=O) groups excluding carboxylic acids is 1. The number of hydrogen-bond acceptors (Lipinski definition) is 3. The van der Waals surface area contributed by atoms with Gasteiger partial charge >= 0.3 is 0 Å². The molecular formula is C9H12BrN3O. The number of nitrogens with one attached hydrogen (secondary N) is 1. The molecule has 0 aromatic carbocycles. The van der Waals surface area contributed by atoms with Crippen LogP contribution in [-0.2, 0) is 4.79 Å². The summed E-state index contributed by atoms with van der Waals surface area (Å²) in [6.07, 6.45) is 2.25. The lowest BCUT2D eigenvalue weighted by atomic mass is 10.2. The van der Waals surface area contributed by atoms with Crippen LogP contribution in [0.1, 0.15) is 13.3 Å².